The van der Waals surface area contributed by atoms with Crippen molar-refractivity contribution in [2.45, 2.75) is 10.9 Å². The van der Waals surface area contributed by atoms with Crippen LogP contribution >= 0.6 is 11.3 Å². The monoisotopic (exact) mass is 426 g/mol. The first-order chi connectivity index (χ1) is 13.2. The van der Waals surface area contributed by atoms with Crippen molar-refractivity contribution in [3.05, 3.63) is 40.6 Å². The van der Waals surface area contributed by atoms with Crippen molar-refractivity contribution in [3.8, 4) is 5.75 Å². The molecule has 154 valence electrons. The topological polar surface area (TPSA) is 91.0 Å². The number of amides is 2. The second-order valence-corrected chi connectivity index (χ2v) is 9.61. The number of rotatable bonds is 8. The molecule has 1 aromatic heterocycles. The summed E-state index contributed by atoms with van der Waals surface area (Å²) in [6, 6.07) is 7.92. The number of benzene rings is 1. The van der Waals surface area contributed by atoms with Crippen LogP contribution in [0.4, 0.5) is 10.5 Å². The molecule has 0 radical (unpaired) electrons. The number of carbonyl (C=O) groups excluding carboxylic acids is 1. The molecule has 0 spiro atoms. The first kappa shape index (κ1) is 22.2. The molecule has 8 nitrogen and oxygen atoms in total. The van der Waals surface area contributed by atoms with Crippen LogP contribution in [0.3, 0.4) is 0 Å². The van der Waals surface area contributed by atoms with Gasteiger partial charge in [-0.2, -0.15) is 0 Å². The van der Waals surface area contributed by atoms with Crippen molar-refractivity contribution in [2.24, 2.45) is 0 Å². The summed E-state index contributed by atoms with van der Waals surface area (Å²) in [6.45, 7) is 0.400. The number of anilines is 1. The highest BCUT2D eigenvalue weighted by Gasteiger charge is 2.20. The van der Waals surface area contributed by atoms with Crippen LogP contribution in [0.5, 0.6) is 5.75 Å². The summed E-state index contributed by atoms with van der Waals surface area (Å²) in [7, 11) is 4.62. The summed E-state index contributed by atoms with van der Waals surface area (Å²) < 4.78 is 31.0. The van der Waals surface area contributed by atoms with E-state index in [9.17, 15) is 13.2 Å². The predicted molar refractivity (Wildman–Crippen MR) is 112 cm³/mol. The number of nitrogens with one attached hydrogen (secondary N) is 2. The van der Waals surface area contributed by atoms with Gasteiger partial charge < -0.3 is 20.3 Å². The van der Waals surface area contributed by atoms with Gasteiger partial charge in [0.2, 0.25) is 10.0 Å². The summed E-state index contributed by atoms with van der Waals surface area (Å²) in [5.41, 5.74) is 0.278. The third kappa shape index (κ3) is 5.22. The number of thiophene rings is 1. The van der Waals surface area contributed by atoms with Gasteiger partial charge in [0.15, 0.2) is 0 Å². The summed E-state index contributed by atoms with van der Waals surface area (Å²) in [4.78, 5) is 15.7. The number of nitrogens with zero attached hydrogens (tertiary/aromatic N) is 2. The van der Waals surface area contributed by atoms with E-state index in [0.29, 0.717) is 12.3 Å². The van der Waals surface area contributed by atoms with Crippen LogP contribution in [0.15, 0.2) is 40.6 Å². The molecule has 1 atom stereocenters. The Morgan fingerprint density at radius 2 is 1.93 bits per heavy atom. The minimum atomic E-state index is -3.63. The Labute approximate surface area is 170 Å². The molecular weight excluding hydrogens is 400 g/mol. The Hall–Kier alpha value is -2.14. The third-order valence-corrected chi connectivity index (χ3v) is 6.93. The van der Waals surface area contributed by atoms with E-state index in [0.717, 1.165) is 9.18 Å². The molecule has 0 unspecified atom stereocenters. The molecule has 0 bridgehead atoms. The van der Waals surface area contributed by atoms with Crippen molar-refractivity contribution in [2.75, 3.05) is 47.2 Å². The summed E-state index contributed by atoms with van der Waals surface area (Å²) in [5, 5.41) is 7.51. The SMILES string of the molecule is COc1ccc(S(=O)(=O)N(C)C)cc1NC(=O)NC[C@@H](c1cccs1)N(C)C. The van der Waals surface area contributed by atoms with Gasteiger partial charge in [0.05, 0.1) is 23.7 Å². The van der Waals surface area contributed by atoms with Gasteiger partial charge in [-0.05, 0) is 43.7 Å². The number of hydrogen-bond donors (Lipinski definition) is 2. The zero-order valence-corrected chi connectivity index (χ0v) is 18.2. The molecule has 1 aromatic carbocycles. The second-order valence-electron chi connectivity index (χ2n) is 6.48. The van der Waals surface area contributed by atoms with Gasteiger partial charge in [-0.25, -0.2) is 17.5 Å². The highest BCUT2D eigenvalue weighted by molar-refractivity contribution is 7.89. The molecule has 10 heteroatoms. The Bertz CT molecular complexity index is 896. The summed E-state index contributed by atoms with van der Waals surface area (Å²) >= 11 is 1.62. The lowest BCUT2D eigenvalue weighted by atomic mass is 10.2. The van der Waals surface area contributed by atoms with Crippen LogP contribution in [-0.4, -0.2) is 65.5 Å². The van der Waals surface area contributed by atoms with Crippen LogP contribution in [-0.2, 0) is 10.0 Å². The normalized spacial score (nSPS) is 12.8. The fraction of sp³-hybridized carbons (Fsp3) is 0.389. The van der Waals surface area contributed by atoms with E-state index in [1.54, 1.807) is 11.3 Å². The lowest BCUT2D eigenvalue weighted by Crippen LogP contribution is -2.36. The van der Waals surface area contributed by atoms with Crippen molar-refractivity contribution >= 4 is 33.1 Å². The van der Waals surface area contributed by atoms with Gasteiger partial charge in [-0.3, -0.25) is 0 Å². The van der Waals surface area contributed by atoms with E-state index in [2.05, 4.69) is 10.6 Å². The zero-order valence-electron chi connectivity index (χ0n) is 16.6. The van der Waals surface area contributed by atoms with Crippen LogP contribution < -0.4 is 15.4 Å². The zero-order chi connectivity index (χ0) is 20.9. The molecule has 0 aliphatic heterocycles. The number of likely N-dealkylation sites (N-methyl/N-ethyl adjacent to an activating group) is 1. The van der Waals surface area contributed by atoms with E-state index in [-0.39, 0.29) is 16.6 Å². The van der Waals surface area contributed by atoms with Crippen molar-refractivity contribution in [1.82, 2.24) is 14.5 Å². The number of urea groups is 1. The predicted octanol–water partition coefficient (Wildman–Crippen LogP) is 2.43. The van der Waals surface area contributed by atoms with Crippen LogP contribution in [0.2, 0.25) is 0 Å². The largest absolute Gasteiger partial charge is 0.495 e. The van der Waals surface area contributed by atoms with E-state index < -0.39 is 16.1 Å². The first-order valence-electron chi connectivity index (χ1n) is 8.52. The fourth-order valence-corrected chi connectivity index (χ4v) is 4.38. The van der Waals surface area contributed by atoms with Gasteiger partial charge in [-0.15, -0.1) is 11.3 Å². The second kappa shape index (κ2) is 9.37. The van der Waals surface area contributed by atoms with E-state index in [1.165, 1.54) is 39.4 Å². The maximum atomic E-state index is 12.4. The highest BCUT2D eigenvalue weighted by Crippen LogP contribution is 2.28. The number of methoxy groups -OCH3 is 1. The average molecular weight is 427 g/mol. The first-order valence-corrected chi connectivity index (χ1v) is 10.8. The maximum absolute atomic E-state index is 12.4. The lowest BCUT2D eigenvalue weighted by Gasteiger charge is -2.23. The Morgan fingerprint density at radius 3 is 2.46 bits per heavy atom. The minimum absolute atomic E-state index is 0.0353. The van der Waals surface area contributed by atoms with Gasteiger partial charge in [0.1, 0.15) is 5.75 Å². The molecule has 0 fully saturated rings. The van der Waals surface area contributed by atoms with Crippen LogP contribution in [0.1, 0.15) is 10.9 Å². The number of ether oxygens (including phenoxy) is 1. The smallest absolute Gasteiger partial charge is 0.319 e. The van der Waals surface area contributed by atoms with E-state index >= 15 is 0 Å². The molecular formula is C18H26N4O4S2. The Balaban J connectivity index is 2.14. The molecule has 2 amide bonds. The third-order valence-electron chi connectivity index (χ3n) is 4.15. The Kier molecular flexibility index (Phi) is 7.41. The molecule has 0 saturated carbocycles. The molecule has 2 aromatic rings. The van der Waals surface area contributed by atoms with Crippen LogP contribution in [0.25, 0.3) is 0 Å². The molecule has 0 aliphatic rings. The van der Waals surface area contributed by atoms with Crippen LogP contribution in [0, 0.1) is 0 Å². The van der Waals surface area contributed by atoms with Crippen molar-refractivity contribution < 1.29 is 17.9 Å². The number of hydrogen-bond acceptors (Lipinski definition) is 6. The maximum Gasteiger partial charge on any atom is 0.319 e. The minimum Gasteiger partial charge on any atom is -0.495 e. The number of sulfonamides is 1. The lowest BCUT2D eigenvalue weighted by molar-refractivity contribution is 0.243. The van der Waals surface area contributed by atoms with Crippen molar-refractivity contribution in [1.29, 1.82) is 0 Å². The molecule has 2 rings (SSSR count). The highest BCUT2D eigenvalue weighted by atomic mass is 32.2. The molecule has 0 saturated heterocycles. The van der Waals surface area contributed by atoms with E-state index in [1.807, 2.05) is 36.5 Å². The fourth-order valence-electron chi connectivity index (χ4n) is 2.53. The van der Waals surface area contributed by atoms with Gasteiger partial charge >= 0.3 is 6.03 Å². The number of carbonyl (C=O) groups is 1. The van der Waals surface area contributed by atoms with Gasteiger partial charge in [0.25, 0.3) is 0 Å². The van der Waals surface area contributed by atoms with Gasteiger partial charge in [-0.1, -0.05) is 6.07 Å². The standard InChI is InChI=1S/C18H26N4O4S2/c1-21(2)15(17-7-6-10-27-17)12-19-18(23)20-14-11-13(8-9-16(14)26-5)28(24,25)22(3)4/h6-11,15H,12H2,1-5H3,(H2,19,20,23)/t15-/m0/s1. The average Bonchev–Trinajstić information content (AvgIpc) is 3.15. The quantitative estimate of drug-likeness (QED) is 0.677. The van der Waals surface area contributed by atoms with Crippen molar-refractivity contribution in [3.63, 3.8) is 0 Å². The van der Waals surface area contributed by atoms with E-state index in [4.69, 9.17) is 4.74 Å². The molecule has 2 N–H and O–H groups in total. The molecule has 28 heavy (non-hydrogen) atoms. The van der Waals surface area contributed by atoms with Gasteiger partial charge in [0, 0.05) is 25.5 Å². The molecule has 1 heterocycles. The summed E-state index contributed by atoms with van der Waals surface area (Å²) in [5.74, 6) is 0.371. The summed E-state index contributed by atoms with van der Waals surface area (Å²) in [6.07, 6.45) is 0. The Morgan fingerprint density at radius 1 is 1.21 bits per heavy atom. The molecule has 0 aliphatic carbocycles.